The number of ether oxygens (including phenoxy) is 1. The number of furan rings is 1. The fourth-order valence-corrected chi connectivity index (χ4v) is 2.42. The minimum absolute atomic E-state index is 0.431. The summed E-state index contributed by atoms with van der Waals surface area (Å²) in [6.07, 6.45) is 0. The summed E-state index contributed by atoms with van der Waals surface area (Å²) in [5, 5.41) is 1.16. The first kappa shape index (κ1) is 15.0. The number of hydrogen-bond donors (Lipinski definition) is 1. The summed E-state index contributed by atoms with van der Waals surface area (Å²) >= 11 is 0. The van der Waals surface area contributed by atoms with Gasteiger partial charge in [-0.1, -0.05) is 18.2 Å². The summed E-state index contributed by atoms with van der Waals surface area (Å²) in [5.41, 5.74) is 7.95. The number of hydrogen-bond acceptors (Lipinski definition) is 4. The third-order valence-electron chi connectivity index (χ3n) is 3.64. The van der Waals surface area contributed by atoms with Crippen molar-refractivity contribution in [1.29, 1.82) is 0 Å². The predicted molar refractivity (Wildman–Crippen MR) is 81.5 cm³/mol. The molecule has 1 aromatic heterocycles. The van der Waals surface area contributed by atoms with Crippen LogP contribution < -0.4 is 5.73 Å². The molecule has 0 spiro atoms. The van der Waals surface area contributed by atoms with Crippen LogP contribution in [0.5, 0.6) is 0 Å². The SMILES string of the molecule is COCCN(Cc1c(CN)oc2ccccc12)C(C)C. The molecule has 0 fully saturated rings. The molecule has 0 unspecified atom stereocenters. The summed E-state index contributed by atoms with van der Waals surface area (Å²) in [4.78, 5) is 2.37. The van der Waals surface area contributed by atoms with Crippen molar-refractivity contribution >= 4 is 11.0 Å². The molecule has 0 aliphatic rings. The van der Waals surface area contributed by atoms with Crippen LogP contribution in [0.25, 0.3) is 11.0 Å². The molecule has 1 aromatic carbocycles. The molecule has 0 atom stereocenters. The minimum Gasteiger partial charge on any atom is -0.459 e. The Morgan fingerprint density at radius 3 is 2.70 bits per heavy atom. The lowest BCUT2D eigenvalue weighted by Crippen LogP contribution is -2.33. The highest BCUT2D eigenvalue weighted by atomic mass is 16.5. The molecule has 2 rings (SSSR count). The molecule has 20 heavy (non-hydrogen) atoms. The second-order valence-corrected chi connectivity index (χ2v) is 5.26. The summed E-state index contributed by atoms with van der Waals surface area (Å²) in [6, 6.07) is 8.57. The number of fused-ring (bicyclic) bond motifs is 1. The molecule has 0 aliphatic heterocycles. The molecular formula is C16H24N2O2. The maximum absolute atomic E-state index is 5.85. The molecule has 0 bridgehead atoms. The van der Waals surface area contributed by atoms with Crippen molar-refractivity contribution in [3.05, 3.63) is 35.6 Å². The summed E-state index contributed by atoms with van der Waals surface area (Å²) in [6.45, 7) is 7.29. The van der Waals surface area contributed by atoms with Gasteiger partial charge >= 0.3 is 0 Å². The average molecular weight is 276 g/mol. The predicted octanol–water partition coefficient (Wildman–Crippen LogP) is 2.75. The van der Waals surface area contributed by atoms with Crippen molar-refractivity contribution in [3.8, 4) is 0 Å². The molecule has 0 aliphatic carbocycles. The van der Waals surface area contributed by atoms with Gasteiger partial charge in [0.1, 0.15) is 11.3 Å². The van der Waals surface area contributed by atoms with E-state index in [4.69, 9.17) is 14.9 Å². The topological polar surface area (TPSA) is 51.6 Å². The zero-order valence-corrected chi connectivity index (χ0v) is 12.6. The highest BCUT2D eigenvalue weighted by Crippen LogP contribution is 2.27. The minimum atomic E-state index is 0.431. The van der Waals surface area contributed by atoms with E-state index < -0.39 is 0 Å². The number of benzene rings is 1. The second-order valence-electron chi connectivity index (χ2n) is 5.26. The molecule has 4 nitrogen and oxygen atoms in total. The van der Waals surface area contributed by atoms with Crippen LogP contribution >= 0.6 is 0 Å². The Hall–Kier alpha value is -1.36. The lowest BCUT2D eigenvalue weighted by Gasteiger charge is -2.26. The molecule has 0 saturated heterocycles. The van der Waals surface area contributed by atoms with Crippen LogP contribution in [0.15, 0.2) is 28.7 Å². The Morgan fingerprint density at radius 1 is 1.30 bits per heavy atom. The van der Waals surface area contributed by atoms with Gasteiger partial charge in [0.15, 0.2) is 0 Å². The average Bonchev–Trinajstić information content (AvgIpc) is 2.81. The van der Waals surface area contributed by atoms with E-state index in [0.717, 1.165) is 36.4 Å². The van der Waals surface area contributed by atoms with Crippen LogP contribution in [0.2, 0.25) is 0 Å². The Morgan fingerprint density at radius 2 is 2.05 bits per heavy atom. The molecule has 2 N–H and O–H groups in total. The van der Waals surface area contributed by atoms with Crippen LogP contribution in [-0.4, -0.2) is 31.2 Å². The van der Waals surface area contributed by atoms with Gasteiger partial charge in [0.05, 0.1) is 13.2 Å². The molecule has 0 saturated carbocycles. The molecule has 4 heteroatoms. The highest BCUT2D eigenvalue weighted by molar-refractivity contribution is 5.82. The smallest absolute Gasteiger partial charge is 0.134 e. The van der Waals surface area contributed by atoms with E-state index in [1.54, 1.807) is 7.11 Å². The lowest BCUT2D eigenvalue weighted by atomic mass is 10.1. The van der Waals surface area contributed by atoms with Gasteiger partial charge in [-0.3, -0.25) is 4.90 Å². The number of rotatable bonds is 7. The monoisotopic (exact) mass is 276 g/mol. The van der Waals surface area contributed by atoms with E-state index >= 15 is 0 Å². The number of para-hydroxylation sites is 1. The van der Waals surface area contributed by atoms with Crippen molar-refractivity contribution in [2.75, 3.05) is 20.3 Å². The summed E-state index contributed by atoms with van der Waals surface area (Å²) in [5.74, 6) is 0.884. The Balaban J connectivity index is 2.30. The van der Waals surface area contributed by atoms with E-state index in [2.05, 4.69) is 24.8 Å². The fourth-order valence-electron chi connectivity index (χ4n) is 2.42. The van der Waals surface area contributed by atoms with Crippen molar-refractivity contribution in [2.24, 2.45) is 5.73 Å². The third kappa shape index (κ3) is 3.20. The quantitative estimate of drug-likeness (QED) is 0.845. The van der Waals surface area contributed by atoms with Gasteiger partial charge in [0.25, 0.3) is 0 Å². The van der Waals surface area contributed by atoms with Crippen molar-refractivity contribution < 1.29 is 9.15 Å². The van der Waals surface area contributed by atoms with Gasteiger partial charge < -0.3 is 14.9 Å². The fraction of sp³-hybridized carbons (Fsp3) is 0.500. The van der Waals surface area contributed by atoms with Gasteiger partial charge in [-0.2, -0.15) is 0 Å². The Kier molecular flexibility index (Phi) is 5.17. The first-order valence-electron chi connectivity index (χ1n) is 7.09. The van der Waals surface area contributed by atoms with Crippen LogP contribution in [0.1, 0.15) is 25.2 Å². The van der Waals surface area contributed by atoms with Gasteiger partial charge in [0.2, 0.25) is 0 Å². The van der Waals surface area contributed by atoms with Gasteiger partial charge in [-0.05, 0) is 19.9 Å². The maximum Gasteiger partial charge on any atom is 0.134 e. The lowest BCUT2D eigenvalue weighted by molar-refractivity contribution is 0.124. The Labute approximate surface area is 120 Å². The zero-order valence-electron chi connectivity index (χ0n) is 12.6. The van der Waals surface area contributed by atoms with E-state index in [0.29, 0.717) is 12.6 Å². The largest absolute Gasteiger partial charge is 0.459 e. The first-order valence-corrected chi connectivity index (χ1v) is 7.09. The van der Waals surface area contributed by atoms with E-state index in [1.807, 2.05) is 18.2 Å². The first-order chi connectivity index (χ1) is 9.67. The van der Waals surface area contributed by atoms with Crippen molar-refractivity contribution in [3.63, 3.8) is 0 Å². The number of nitrogens with zero attached hydrogens (tertiary/aromatic N) is 1. The van der Waals surface area contributed by atoms with Gasteiger partial charge in [-0.25, -0.2) is 0 Å². The second kappa shape index (κ2) is 6.88. The van der Waals surface area contributed by atoms with E-state index in [-0.39, 0.29) is 0 Å². The maximum atomic E-state index is 5.85. The normalized spacial score (nSPS) is 11.9. The molecule has 0 radical (unpaired) electrons. The summed E-state index contributed by atoms with van der Waals surface area (Å²) < 4.78 is 11.0. The van der Waals surface area contributed by atoms with Crippen LogP contribution in [0, 0.1) is 0 Å². The van der Waals surface area contributed by atoms with E-state index in [1.165, 1.54) is 5.56 Å². The Bertz CT molecular complexity index is 548. The standard InChI is InChI=1S/C16H24N2O2/c1-12(2)18(8-9-19-3)11-14-13-6-4-5-7-15(13)20-16(14)10-17/h4-7,12H,8-11,17H2,1-3H3. The molecule has 110 valence electrons. The number of methoxy groups -OCH3 is 1. The van der Waals surface area contributed by atoms with Crippen LogP contribution in [-0.2, 0) is 17.8 Å². The molecule has 0 amide bonds. The highest BCUT2D eigenvalue weighted by Gasteiger charge is 2.17. The van der Waals surface area contributed by atoms with Gasteiger partial charge in [0, 0.05) is 37.2 Å². The van der Waals surface area contributed by atoms with Crippen LogP contribution in [0.4, 0.5) is 0 Å². The molecule has 2 aromatic rings. The summed E-state index contributed by atoms with van der Waals surface area (Å²) in [7, 11) is 1.73. The molecule has 1 heterocycles. The van der Waals surface area contributed by atoms with Crippen molar-refractivity contribution in [2.45, 2.75) is 33.0 Å². The van der Waals surface area contributed by atoms with Gasteiger partial charge in [-0.15, -0.1) is 0 Å². The number of nitrogens with two attached hydrogens (primary N) is 1. The van der Waals surface area contributed by atoms with Crippen molar-refractivity contribution in [1.82, 2.24) is 4.90 Å². The zero-order chi connectivity index (χ0) is 14.5. The molecular weight excluding hydrogens is 252 g/mol. The van der Waals surface area contributed by atoms with E-state index in [9.17, 15) is 0 Å². The third-order valence-corrected chi connectivity index (χ3v) is 3.64. The van der Waals surface area contributed by atoms with Crippen LogP contribution in [0.3, 0.4) is 0 Å².